The van der Waals surface area contributed by atoms with Gasteiger partial charge in [0.25, 0.3) is 0 Å². The Bertz CT molecular complexity index is 955. The summed E-state index contributed by atoms with van der Waals surface area (Å²) in [6, 6.07) is 15.6. The third kappa shape index (κ3) is 5.13. The molecule has 0 bridgehead atoms. The molecule has 0 saturated heterocycles. The fourth-order valence-electron chi connectivity index (χ4n) is 2.73. The number of anilines is 1. The van der Waals surface area contributed by atoms with Crippen molar-refractivity contribution in [2.75, 3.05) is 11.1 Å². The number of carbonyl (C=O) groups is 1. The molecule has 1 aromatic heterocycles. The van der Waals surface area contributed by atoms with Gasteiger partial charge in [0.15, 0.2) is 11.0 Å². The minimum Gasteiger partial charge on any atom is -0.486 e. The molecule has 0 unspecified atom stereocenters. The number of carbonyl (C=O) groups excluding carboxylic acids is 1. The van der Waals surface area contributed by atoms with E-state index in [4.69, 9.17) is 4.74 Å². The number of hydrogen-bond donors (Lipinski definition) is 1. The van der Waals surface area contributed by atoms with Gasteiger partial charge in [-0.1, -0.05) is 42.1 Å². The van der Waals surface area contributed by atoms with Gasteiger partial charge in [-0.3, -0.25) is 4.79 Å². The van der Waals surface area contributed by atoms with E-state index in [1.807, 2.05) is 73.9 Å². The molecular weight excluding hydrogens is 372 g/mol. The Morgan fingerprint density at radius 3 is 2.71 bits per heavy atom. The first-order chi connectivity index (χ1) is 13.6. The van der Waals surface area contributed by atoms with Crippen LogP contribution in [-0.2, 0) is 17.9 Å². The van der Waals surface area contributed by atoms with Crippen LogP contribution >= 0.6 is 11.8 Å². The highest BCUT2D eigenvalue weighted by Crippen LogP contribution is 2.20. The first kappa shape index (κ1) is 19.9. The summed E-state index contributed by atoms with van der Waals surface area (Å²) < 4.78 is 7.81. The van der Waals surface area contributed by atoms with Crippen LogP contribution in [0.25, 0.3) is 0 Å². The fourth-order valence-corrected chi connectivity index (χ4v) is 3.55. The van der Waals surface area contributed by atoms with Crippen molar-refractivity contribution in [1.82, 2.24) is 14.8 Å². The van der Waals surface area contributed by atoms with Gasteiger partial charge in [-0.25, -0.2) is 0 Å². The molecule has 0 fully saturated rings. The molecule has 1 N–H and O–H groups in total. The molecule has 0 saturated carbocycles. The van der Waals surface area contributed by atoms with E-state index in [0.717, 1.165) is 28.4 Å². The summed E-state index contributed by atoms with van der Waals surface area (Å²) in [4.78, 5) is 12.3. The maximum atomic E-state index is 12.3. The average Bonchev–Trinajstić information content (AvgIpc) is 3.08. The van der Waals surface area contributed by atoms with Crippen LogP contribution in [0.15, 0.2) is 53.7 Å². The summed E-state index contributed by atoms with van der Waals surface area (Å²) in [6.07, 6.45) is 0. The van der Waals surface area contributed by atoms with E-state index < -0.39 is 0 Å². The number of aromatic nitrogens is 3. The van der Waals surface area contributed by atoms with Gasteiger partial charge in [0.1, 0.15) is 12.4 Å². The number of nitrogens with zero attached hydrogens (tertiary/aromatic N) is 3. The summed E-state index contributed by atoms with van der Waals surface area (Å²) in [7, 11) is 0. The highest BCUT2D eigenvalue weighted by molar-refractivity contribution is 7.99. The predicted octanol–water partition coefficient (Wildman–Crippen LogP) is 4.22. The molecule has 2 aromatic carbocycles. The monoisotopic (exact) mass is 396 g/mol. The molecule has 3 aromatic rings. The molecule has 1 heterocycles. The van der Waals surface area contributed by atoms with Crippen molar-refractivity contribution in [3.63, 3.8) is 0 Å². The first-order valence-corrected chi connectivity index (χ1v) is 10.1. The van der Waals surface area contributed by atoms with E-state index in [-0.39, 0.29) is 11.7 Å². The van der Waals surface area contributed by atoms with Gasteiger partial charge in [-0.05, 0) is 50.1 Å². The summed E-state index contributed by atoms with van der Waals surface area (Å²) in [5, 5.41) is 12.1. The van der Waals surface area contributed by atoms with Crippen LogP contribution in [0.4, 0.5) is 5.69 Å². The van der Waals surface area contributed by atoms with Crippen molar-refractivity contribution in [1.29, 1.82) is 0 Å². The molecule has 1 amide bonds. The summed E-state index contributed by atoms with van der Waals surface area (Å²) >= 11 is 1.37. The third-order valence-corrected chi connectivity index (χ3v) is 5.19. The van der Waals surface area contributed by atoms with E-state index in [1.54, 1.807) is 0 Å². The summed E-state index contributed by atoms with van der Waals surface area (Å²) in [5.41, 5.74) is 3.01. The quantitative estimate of drug-likeness (QED) is 0.577. The van der Waals surface area contributed by atoms with Crippen LogP contribution in [0.2, 0.25) is 0 Å². The lowest BCUT2D eigenvalue weighted by Gasteiger charge is -2.10. The largest absolute Gasteiger partial charge is 0.486 e. The highest BCUT2D eigenvalue weighted by Gasteiger charge is 2.14. The summed E-state index contributed by atoms with van der Waals surface area (Å²) in [6.45, 7) is 7.06. The Kier molecular flexibility index (Phi) is 6.71. The van der Waals surface area contributed by atoms with E-state index in [2.05, 4.69) is 15.5 Å². The third-order valence-electron chi connectivity index (χ3n) is 4.22. The number of amides is 1. The zero-order valence-corrected chi connectivity index (χ0v) is 17.1. The maximum absolute atomic E-state index is 12.3. The van der Waals surface area contributed by atoms with Crippen molar-refractivity contribution < 1.29 is 9.53 Å². The number of para-hydroxylation sites is 1. The van der Waals surface area contributed by atoms with E-state index in [9.17, 15) is 4.79 Å². The molecule has 0 atom stereocenters. The van der Waals surface area contributed by atoms with Crippen LogP contribution in [0.5, 0.6) is 5.75 Å². The van der Waals surface area contributed by atoms with E-state index in [0.29, 0.717) is 18.3 Å². The topological polar surface area (TPSA) is 69.0 Å². The lowest BCUT2D eigenvalue weighted by Crippen LogP contribution is -2.15. The number of aryl methyl sites for hydroxylation is 2. The SMILES string of the molecule is CCn1c(COc2cccc(C)c2)nnc1SCC(=O)Nc1ccccc1C. The molecule has 146 valence electrons. The number of hydrogen-bond acceptors (Lipinski definition) is 5. The van der Waals surface area contributed by atoms with Crippen molar-refractivity contribution in [3.8, 4) is 5.75 Å². The number of nitrogens with one attached hydrogen (secondary N) is 1. The molecule has 3 rings (SSSR count). The zero-order chi connectivity index (χ0) is 19.9. The molecule has 0 aliphatic heterocycles. The maximum Gasteiger partial charge on any atom is 0.234 e. The van der Waals surface area contributed by atoms with Gasteiger partial charge in [-0.15, -0.1) is 10.2 Å². The smallest absolute Gasteiger partial charge is 0.234 e. The highest BCUT2D eigenvalue weighted by atomic mass is 32.2. The molecule has 0 aliphatic rings. The molecule has 7 heteroatoms. The standard InChI is InChI=1S/C21H24N4O2S/c1-4-25-19(13-27-17-10-7-8-15(2)12-17)23-24-21(25)28-14-20(26)22-18-11-6-5-9-16(18)3/h5-12H,4,13-14H2,1-3H3,(H,22,26). The van der Waals surface area contributed by atoms with Crippen molar-refractivity contribution in [3.05, 3.63) is 65.5 Å². The van der Waals surface area contributed by atoms with Gasteiger partial charge < -0.3 is 14.6 Å². The molecule has 28 heavy (non-hydrogen) atoms. The summed E-state index contributed by atoms with van der Waals surface area (Å²) in [5.74, 6) is 1.75. The number of rotatable bonds is 8. The van der Waals surface area contributed by atoms with Gasteiger partial charge in [0, 0.05) is 12.2 Å². The van der Waals surface area contributed by atoms with Crippen molar-refractivity contribution >= 4 is 23.4 Å². The van der Waals surface area contributed by atoms with Gasteiger partial charge in [0.05, 0.1) is 5.75 Å². The van der Waals surface area contributed by atoms with Gasteiger partial charge >= 0.3 is 0 Å². The Morgan fingerprint density at radius 1 is 1.14 bits per heavy atom. The number of ether oxygens (including phenoxy) is 1. The normalized spacial score (nSPS) is 10.7. The first-order valence-electron chi connectivity index (χ1n) is 9.16. The molecule has 0 spiro atoms. The number of benzene rings is 2. The number of thioether (sulfide) groups is 1. The minimum absolute atomic E-state index is 0.0671. The molecular formula is C21H24N4O2S. The zero-order valence-electron chi connectivity index (χ0n) is 16.3. The Hall–Kier alpha value is -2.80. The minimum atomic E-state index is -0.0671. The Balaban J connectivity index is 1.58. The fraction of sp³-hybridized carbons (Fsp3) is 0.286. The van der Waals surface area contributed by atoms with E-state index >= 15 is 0 Å². The molecule has 0 radical (unpaired) electrons. The average molecular weight is 397 g/mol. The van der Waals surface area contributed by atoms with Crippen molar-refractivity contribution in [2.24, 2.45) is 0 Å². The predicted molar refractivity (Wildman–Crippen MR) is 112 cm³/mol. The van der Waals surface area contributed by atoms with Crippen LogP contribution in [0.3, 0.4) is 0 Å². The molecule has 6 nitrogen and oxygen atoms in total. The Labute approximate surface area is 169 Å². The van der Waals surface area contributed by atoms with Crippen molar-refractivity contribution in [2.45, 2.75) is 39.1 Å². The van der Waals surface area contributed by atoms with Crippen LogP contribution in [0.1, 0.15) is 23.9 Å². The van der Waals surface area contributed by atoms with Crippen LogP contribution in [-0.4, -0.2) is 26.4 Å². The van der Waals surface area contributed by atoms with Gasteiger partial charge in [-0.2, -0.15) is 0 Å². The van der Waals surface area contributed by atoms with E-state index in [1.165, 1.54) is 11.8 Å². The lowest BCUT2D eigenvalue weighted by atomic mass is 10.2. The van der Waals surface area contributed by atoms with Crippen LogP contribution < -0.4 is 10.1 Å². The van der Waals surface area contributed by atoms with Crippen LogP contribution in [0, 0.1) is 13.8 Å². The molecule has 0 aliphatic carbocycles. The second-order valence-corrected chi connectivity index (χ2v) is 7.34. The lowest BCUT2D eigenvalue weighted by molar-refractivity contribution is -0.113. The Morgan fingerprint density at radius 2 is 1.96 bits per heavy atom. The van der Waals surface area contributed by atoms with Gasteiger partial charge in [0.2, 0.25) is 5.91 Å². The second kappa shape index (κ2) is 9.41. The second-order valence-electron chi connectivity index (χ2n) is 6.40.